The van der Waals surface area contributed by atoms with Crippen LogP contribution in [0.25, 0.3) is 0 Å². The summed E-state index contributed by atoms with van der Waals surface area (Å²) in [6, 6.07) is 0. The second-order valence-electron chi connectivity index (χ2n) is 6.45. The van der Waals surface area contributed by atoms with Gasteiger partial charge in [0.2, 0.25) is 0 Å². The van der Waals surface area contributed by atoms with E-state index in [4.69, 9.17) is 4.74 Å². The second-order valence-corrected chi connectivity index (χ2v) is 11.7. The molecule has 0 amide bonds. The van der Waals surface area contributed by atoms with E-state index in [2.05, 4.69) is 41.8 Å². The third-order valence-electron chi connectivity index (χ3n) is 2.26. The smallest absolute Gasteiger partial charge is 0.151 e. The zero-order chi connectivity index (χ0) is 15.2. The van der Waals surface area contributed by atoms with E-state index in [1.165, 1.54) is 0 Å². The van der Waals surface area contributed by atoms with Gasteiger partial charge in [-0.15, -0.1) is 0 Å². The third kappa shape index (κ3) is 14.8. The fourth-order valence-electron chi connectivity index (χ4n) is 1.38. The molecule has 0 aromatic heterocycles. The molecule has 0 aliphatic carbocycles. The van der Waals surface area contributed by atoms with Gasteiger partial charge >= 0.3 is 0 Å². The Morgan fingerprint density at radius 2 is 1.68 bits per heavy atom. The Hall–Kier alpha value is 0.600. The van der Waals surface area contributed by atoms with Gasteiger partial charge in [-0.1, -0.05) is 22.6 Å². The molecule has 0 unspecified atom stereocenters. The van der Waals surface area contributed by atoms with Gasteiger partial charge in [-0.3, -0.25) is 0 Å². The fraction of sp³-hybridized carbons (Fsp3) is 1.00. The van der Waals surface area contributed by atoms with Gasteiger partial charge in [0.1, 0.15) is 0 Å². The van der Waals surface area contributed by atoms with Gasteiger partial charge in [0.15, 0.2) is 9.84 Å². The maximum Gasteiger partial charge on any atom is 0.151 e. The molecular formula is C13H28INO3S. The molecule has 19 heavy (non-hydrogen) atoms. The summed E-state index contributed by atoms with van der Waals surface area (Å²) in [5.74, 6) is 0.405. The van der Waals surface area contributed by atoms with E-state index in [1.807, 2.05) is 20.8 Å². The summed E-state index contributed by atoms with van der Waals surface area (Å²) in [4.78, 5) is 0. The molecule has 0 rings (SSSR count). The van der Waals surface area contributed by atoms with E-state index < -0.39 is 9.84 Å². The molecule has 0 fully saturated rings. The Morgan fingerprint density at radius 3 is 2.16 bits per heavy atom. The molecule has 0 bridgehead atoms. The van der Waals surface area contributed by atoms with Crippen molar-refractivity contribution in [2.45, 2.75) is 50.0 Å². The lowest BCUT2D eigenvalue weighted by Crippen LogP contribution is -2.39. The van der Waals surface area contributed by atoms with Gasteiger partial charge < -0.3 is 10.1 Å². The molecule has 0 aromatic rings. The van der Waals surface area contributed by atoms with Crippen LogP contribution in [0.1, 0.15) is 41.0 Å². The zero-order valence-electron chi connectivity index (χ0n) is 12.8. The molecule has 6 heteroatoms. The van der Waals surface area contributed by atoms with E-state index in [0.29, 0.717) is 26.2 Å². The highest BCUT2D eigenvalue weighted by molar-refractivity contribution is 14.1. The summed E-state index contributed by atoms with van der Waals surface area (Å²) in [6.45, 7) is 11.9. The summed E-state index contributed by atoms with van der Waals surface area (Å²) in [5, 5.41) is 3.19. The minimum atomic E-state index is -2.96. The molecule has 0 heterocycles. The van der Waals surface area contributed by atoms with Crippen LogP contribution in [-0.4, -0.2) is 48.6 Å². The molecule has 0 aliphatic rings. The Labute approximate surface area is 132 Å². The number of ether oxygens (including phenoxy) is 1. The largest absolute Gasteiger partial charge is 0.380 e. The summed E-state index contributed by atoms with van der Waals surface area (Å²) in [6.07, 6.45) is 0.574. The van der Waals surface area contributed by atoms with Crippen LogP contribution in [0.15, 0.2) is 0 Å². The quantitative estimate of drug-likeness (QED) is 0.364. The van der Waals surface area contributed by atoms with Crippen molar-refractivity contribution in [3.63, 3.8) is 0 Å². The molecule has 1 N–H and O–H groups in total. The van der Waals surface area contributed by atoms with Gasteiger partial charge in [-0.25, -0.2) is 8.42 Å². The Morgan fingerprint density at radius 1 is 1.11 bits per heavy atom. The molecule has 0 spiro atoms. The maximum atomic E-state index is 11.8. The van der Waals surface area contributed by atoms with E-state index >= 15 is 0 Å². The highest BCUT2D eigenvalue weighted by Crippen LogP contribution is 2.16. The minimum absolute atomic E-state index is 0.0372. The molecule has 0 saturated heterocycles. The van der Waals surface area contributed by atoms with Crippen LogP contribution >= 0.6 is 22.6 Å². The van der Waals surface area contributed by atoms with Crippen molar-refractivity contribution in [3.05, 3.63) is 0 Å². The van der Waals surface area contributed by atoms with Gasteiger partial charge in [-0.2, -0.15) is 0 Å². The third-order valence-corrected chi connectivity index (χ3v) is 4.31. The summed E-state index contributed by atoms with van der Waals surface area (Å²) in [7, 11) is -2.96. The van der Waals surface area contributed by atoms with Crippen molar-refractivity contribution >= 4 is 32.4 Å². The van der Waals surface area contributed by atoms with Crippen LogP contribution in [0, 0.1) is 0 Å². The van der Waals surface area contributed by atoms with Crippen LogP contribution in [0.5, 0.6) is 0 Å². The zero-order valence-corrected chi connectivity index (χ0v) is 15.7. The fourth-order valence-corrected chi connectivity index (χ4v) is 2.77. The molecular weight excluding hydrogens is 377 g/mol. The van der Waals surface area contributed by atoms with E-state index in [0.717, 1.165) is 0 Å². The summed E-state index contributed by atoms with van der Waals surface area (Å²) >= 11 is 2.32. The lowest BCUT2D eigenvalue weighted by atomic mass is 10.1. The van der Waals surface area contributed by atoms with Gasteiger partial charge in [0.25, 0.3) is 0 Å². The number of hydrogen-bond donors (Lipinski definition) is 1. The van der Waals surface area contributed by atoms with Crippen molar-refractivity contribution in [2.24, 2.45) is 0 Å². The molecule has 0 atom stereocenters. The maximum absolute atomic E-state index is 11.8. The van der Waals surface area contributed by atoms with Crippen LogP contribution in [0.3, 0.4) is 0 Å². The second kappa shape index (κ2) is 8.14. The first-order chi connectivity index (χ1) is 8.41. The Bertz CT molecular complexity index is 342. The Kier molecular flexibility index (Phi) is 8.40. The molecule has 4 nitrogen and oxygen atoms in total. The standard InChI is InChI=1S/C13H28INO3S/c1-12(2,3)15-7-10-19(16,17)9-6-8-18-11-13(4,5)14/h15H,6-11H2,1-5H3. The molecule has 0 aromatic carbocycles. The van der Waals surface area contributed by atoms with Gasteiger partial charge in [-0.05, 0) is 41.0 Å². The van der Waals surface area contributed by atoms with Crippen molar-refractivity contribution in [1.29, 1.82) is 0 Å². The van der Waals surface area contributed by atoms with Gasteiger partial charge in [0, 0.05) is 22.1 Å². The normalized spacial score (nSPS) is 13.8. The van der Waals surface area contributed by atoms with Crippen LogP contribution < -0.4 is 5.32 Å². The first kappa shape index (κ1) is 19.6. The molecule has 0 aliphatic heterocycles. The molecule has 0 radical (unpaired) electrons. The monoisotopic (exact) mass is 405 g/mol. The average Bonchev–Trinajstić information content (AvgIpc) is 2.12. The first-order valence-electron chi connectivity index (χ1n) is 6.63. The number of rotatable bonds is 9. The minimum Gasteiger partial charge on any atom is -0.380 e. The van der Waals surface area contributed by atoms with E-state index in [9.17, 15) is 8.42 Å². The van der Waals surface area contributed by atoms with Crippen molar-refractivity contribution in [1.82, 2.24) is 5.32 Å². The topological polar surface area (TPSA) is 55.4 Å². The lowest BCUT2D eigenvalue weighted by Gasteiger charge is -2.20. The first-order valence-corrected chi connectivity index (χ1v) is 9.53. The average molecular weight is 405 g/mol. The van der Waals surface area contributed by atoms with E-state index in [-0.39, 0.29) is 20.5 Å². The lowest BCUT2D eigenvalue weighted by molar-refractivity contribution is 0.124. The number of hydrogen-bond acceptors (Lipinski definition) is 4. The van der Waals surface area contributed by atoms with Crippen LogP contribution in [0.4, 0.5) is 0 Å². The predicted octanol–water partition coefficient (Wildman–Crippen LogP) is 2.41. The summed E-state index contributed by atoms with van der Waals surface area (Å²) in [5.41, 5.74) is -0.0372. The van der Waals surface area contributed by atoms with Gasteiger partial charge in [0.05, 0.1) is 18.1 Å². The molecule has 0 saturated carbocycles. The SMILES string of the molecule is CC(C)(I)COCCCS(=O)(=O)CCNC(C)(C)C. The number of nitrogens with one attached hydrogen (secondary N) is 1. The number of halogens is 1. The highest BCUT2D eigenvalue weighted by Gasteiger charge is 2.15. The van der Waals surface area contributed by atoms with Crippen LogP contribution in [-0.2, 0) is 14.6 Å². The van der Waals surface area contributed by atoms with Crippen molar-refractivity contribution in [3.8, 4) is 0 Å². The number of alkyl halides is 1. The van der Waals surface area contributed by atoms with Crippen LogP contribution in [0.2, 0.25) is 0 Å². The van der Waals surface area contributed by atoms with Crippen molar-refractivity contribution in [2.75, 3.05) is 31.3 Å². The number of sulfone groups is 1. The van der Waals surface area contributed by atoms with E-state index in [1.54, 1.807) is 0 Å². The highest BCUT2D eigenvalue weighted by atomic mass is 127. The summed E-state index contributed by atoms with van der Waals surface area (Å²) < 4.78 is 29.1. The van der Waals surface area contributed by atoms with Crippen molar-refractivity contribution < 1.29 is 13.2 Å². The predicted molar refractivity (Wildman–Crippen MR) is 89.9 cm³/mol. The molecule has 116 valence electrons. The Balaban J connectivity index is 3.75.